The van der Waals surface area contributed by atoms with E-state index in [2.05, 4.69) is 34.8 Å². The fourth-order valence-electron chi connectivity index (χ4n) is 2.47. The molecule has 0 aliphatic rings. The van der Waals surface area contributed by atoms with Gasteiger partial charge in [0.25, 0.3) is 5.91 Å². The van der Waals surface area contributed by atoms with E-state index in [4.69, 9.17) is 0 Å². The molecule has 5 nitrogen and oxygen atoms in total. The van der Waals surface area contributed by atoms with Gasteiger partial charge < -0.3 is 16.0 Å². The number of rotatable bonds is 9. The zero-order chi connectivity index (χ0) is 17.8. The molecule has 1 rings (SSSR count). The molecular formula is C19H33IN4O. The van der Waals surface area contributed by atoms with E-state index in [9.17, 15) is 4.79 Å². The molecule has 1 aromatic carbocycles. The second-order valence-electron chi connectivity index (χ2n) is 6.03. The van der Waals surface area contributed by atoms with Gasteiger partial charge >= 0.3 is 0 Å². The van der Waals surface area contributed by atoms with Crippen LogP contribution >= 0.6 is 24.0 Å². The zero-order valence-electron chi connectivity index (χ0n) is 15.9. The SMILES string of the molecule is CCCCCC(C)NC(=NC)NCc1cccc(C(=O)NCC)c1.I. The first kappa shape index (κ1) is 23.7. The van der Waals surface area contributed by atoms with Crippen LogP contribution < -0.4 is 16.0 Å². The Kier molecular flexibility index (Phi) is 13.2. The highest BCUT2D eigenvalue weighted by molar-refractivity contribution is 14.0. The van der Waals surface area contributed by atoms with E-state index in [1.807, 2.05) is 31.2 Å². The van der Waals surface area contributed by atoms with Gasteiger partial charge in [-0.2, -0.15) is 0 Å². The summed E-state index contributed by atoms with van der Waals surface area (Å²) in [4.78, 5) is 16.2. The normalized spacial score (nSPS) is 12.1. The molecule has 25 heavy (non-hydrogen) atoms. The summed E-state index contributed by atoms with van der Waals surface area (Å²) in [5.41, 5.74) is 1.74. The Balaban J connectivity index is 0.00000576. The number of hydrogen-bond donors (Lipinski definition) is 3. The van der Waals surface area contributed by atoms with Crippen molar-refractivity contribution < 1.29 is 4.79 Å². The van der Waals surface area contributed by atoms with Crippen molar-refractivity contribution >= 4 is 35.8 Å². The van der Waals surface area contributed by atoms with Gasteiger partial charge in [0.05, 0.1) is 0 Å². The number of nitrogens with zero attached hydrogens (tertiary/aromatic N) is 1. The molecule has 1 amide bonds. The van der Waals surface area contributed by atoms with E-state index in [0.29, 0.717) is 24.7 Å². The lowest BCUT2D eigenvalue weighted by Crippen LogP contribution is -2.41. The Morgan fingerprint density at radius 1 is 1.20 bits per heavy atom. The first-order valence-corrected chi connectivity index (χ1v) is 8.95. The molecule has 1 unspecified atom stereocenters. The molecule has 142 valence electrons. The van der Waals surface area contributed by atoms with Crippen LogP contribution in [0.2, 0.25) is 0 Å². The Morgan fingerprint density at radius 3 is 2.60 bits per heavy atom. The molecule has 0 saturated heterocycles. The van der Waals surface area contributed by atoms with Crippen molar-refractivity contribution in [2.45, 2.75) is 59.0 Å². The van der Waals surface area contributed by atoms with Crippen LogP contribution in [0.3, 0.4) is 0 Å². The number of aliphatic imine (C=N–C) groups is 1. The minimum Gasteiger partial charge on any atom is -0.354 e. The lowest BCUT2D eigenvalue weighted by Gasteiger charge is -2.18. The molecule has 0 saturated carbocycles. The second-order valence-corrected chi connectivity index (χ2v) is 6.03. The number of guanidine groups is 1. The number of carbonyl (C=O) groups is 1. The summed E-state index contributed by atoms with van der Waals surface area (Å²) in [7, 11) is 1.78. The molecule has 0 aliphatic carbocycles. The van der Waals surface area contributed by atoms with Gasteiger partial charge in [-0.15, -0.1) is 24.0 Å². The van der Waals surface area contributed by atoms with Gasteiger partial charge in [0.1, 0.15) is 0 Å². The summed E-state index contributed by atoms with van der Waals surface area (Å²) in [6.45, 7) is 7.58. The highest BCUT2D eigenvalue weighted by atomic mass is 127. The Morgan fingerprint density at radius 2 is 1.96 bits per heavy atom. The number of unbranched alkanes of at least 4 members (excludes halogenated alkanes) is 2. The van der Waals surface area contributed by atoms with Crippen molar-refractivity contribution in [3.8, 4) is 0 Å². The van der Waals surface area contributed by atoms with E-state index in [1.165, 1.54) is 19.3 Å². The van der Waals surface area contributed by atoms with Crippen molar-refractivity contribution in [3.63, 3.8) is 0 Å². The molecule has 0 radical (unpaired) electrons. The number of carbonyl (C=O) groups excluding carboxylic acids is 1. The van der Waals surface area contributed by atoms with E-state index >= 15 is 0 Å². The van der Waals surface area contributed by atoms with Crippen LogP contribution in [0.5, 0.6) is 0 Å². The largest absolute Gasteiger partial charge is 0.354 e. The third-order valence-electron chi connectivity index (χ3n) is 3.83. The monoisotopic (exact) mass is 460 g/mol. The highest BCUT2D eigenvalue weighted by Crippen LogP contribution is 2.06. The van der Waals surface area contributed by atoms with Crippen LogP contribution in [-0.2, 0) is 6.54 Å². The molecule has 0 heterocycles. The number of hydrogen-bond acceptors (Lipinski definition) is 2. The molecule has 6 heteroatoms. The molecule has 0 fully saturated rings. The first-order chi connectivity index (χ1) is 11.6. The lowest BCUT2D eigenvalue weighted by molar-refractivity contribution is 0.0955. The Hall–Kier alpha value is -1.31. The zero-order valence-corrected chi connectivity index (χ0v) is 18.2. The standard InChI is InChI=1S/C19H32N4O.HI/c1-5-7-8-10-15(3)23-19(20-4)22-14-16-11-9-12-17(13-16)18(24)21-6-2;/h9,11-13,15H,5-8,10,14H2,1-4H3,(H,21,24)(H2,20,22,23);1H. The Bertz CT molecular complexity index is 534. The lowest BCUT2D eigenvalue weighted by atomic mass is 10.1. The van der Waals surface area contributed by atoms with Crippen molar-refractivity contribution in [3.05, 3.63) is 35.4 Å². The molecular weight excluding hydrogens is 427 g/mol. The van der Waals surface area contributed by atoms with Gasteiger partial charge in [-0.1, -0.05) is 38.3 Å². The number of benzene rings is 1. The smallest absolute Gasteiger partial charge is 0.251 e. The fourth-order valence-corrected chi connectivity index (χ4v) is 2.47. The van der Waals surface area contributed by atoms with Gasteiger partial charge in [-0.25, -0.2) is 0 Å². The van der Waals surface area contributed by atoms with Crippen LogP contribution in [0, 0.1) is 0 Å². The summed E-state index contributed by atoms with van der Waals surface area (Å²) in [5.74, 6) is 0.758. The second kappa shape index (κ2) is 13.9. The number of halogens is 1. The maximum Gasteiger partial charge on any atom is 0.251 e. The van der Waals surface area contributed by atoms with Crippen molar-refractivity contribution in [1.82, 2.24) is 16.0 Å². The molecule has 3 N–H and O–H groups in total. The summed E-state index contributed by atoms with van der Waals surface area (Å²) in [6, 6.07) is 8.05. The van der Waals surface area contributed by atoms with Crippen LogP contribution in [0.15, 0.2) is 29.3 Å². The van der Waals surface area contributed by atoms with E-state index < -0.39 is 0 Å². The Labute approximate surface area is 169 Å². The predicted octanol–water partition coefficient (Wildman–Crippen LogP) is 3.69. The van der Waals surface area contributed by atoms with Gasteiger partial charge in [0.2, 0.25) is 0 Å². The minimum absolute atomic E-state index is 0. The maximum atomic E-state index is 11.9. The van der Waals surface area contributed by atoms with Gasteiger partial charge in [-0.3, -0.25) is 9.79 Å². The summed E-state index contributed by atoms with van der Waals surface area (Å²) in [6.07, 6.45) is 4.88. The fraction of sp³-hybridized carbons (Fsp3) is 0.579. The van der Waals surface area contributed by atoms with Crippen molar-refractivity contribution in [2.75, 3.05) is 13.6 Å². The summed E-state index contributed by atoms with van der Waals surface area (Å²) >= 11 is 0. The quantitative estimate of drug-likeness (QED) is 0.228. The van der Waals surface area contributed by atoms with E-state index in [-0.39, 0.29) is 29.9 Å². The minimum atomic E-state index is -0.0357. The third kappa shape index (κ3) is 9.67. The molecule has 0 spiro atoms. The van der Waals surface area contributed by atoms with Crippen LogP contribution in [0.25, 0.3) is 0 Å². The van der Waals surface area contributed by atoms with E-state index in [1.54, 1.807) is 7.05 Å². The average Bonchev–Trinajstić information content (AvgIpc) is 2.59. The first-order valence-electron chi connectivity index (χ1n) is 8.95. The van der Waals surface area contributed by atoms with Crippen molar-refractivity contribution in [2.24, 2.45) is 4.99 Å². The summed E-state index contributed by atoms with van der Waals surface area (Å²) < 4.78 is 0. The third-order valence-corrected chi connectivity index (χ3v) is 3.83. The molecule has 0 aromatic heterocycles. The van der Waals surface area contributed by atoms with E-state index in [0.717, 1.165) is 17.9 Å². The average molecular weight is 460 g/mol. The molecule has 1 aromatic rings. The van der Waals surface area contributed by atoms with Crippen LogP contribution in [-0.4, -0.2) is 31.5 Å². The highest BCUT2D eigenvalue weighted by Gasteiger charge is 2.07. The maximum absolute atomic E-state index is 11.9. The van der Waals surface area contributed by atoms with Crippen LogP contribution in [0.1, 0.15) is 62.4 Å². The van der Waals surface area contributed by atoms with Gasteiger partial charge in [0.15, 0.2) is 5.96 Å². The topological polar surface area (TPSA) is 65.5 Å². The molecule has 1 atom stereocenters. The molecule has 0 aliphatic heterocycles. The van der Waals surface area contributed by atoms with Crippen molar-refractivity contribution in [1.29, 1.82) is 0 Å². The predicted molar refractivity (Wildman–Crippen MR) is 117 cm³/mol. The van der Waals surface area contributed by atoms with Gasteiger partial charge in [0, 0.05) is 31.7 Å². The number of nitrogens with one attached hydrogen (secondary N) is 3. The number of amides is 1. The molecule has 0 bridgehead atoms. The van der Waals surface area contributed by atoms with Gasteiger partial charge in [-0.05, 0) is 38.0 Å². The summed E-state index contributed by atoms with van der Waals surface area (Å²) in [5, 5.41) is 9.55. The van der Waals surface area contributed by atoms with Crippen LogP contribution in [0.4, 0.5) is 0 Å².